The summed E-state index contributed by atoms with van der Waals surface area (Å²) in [5.74, 6) is -3.38. The van der Waals surface area contributed by atoms with Crippen LogP contribution in [0.5, 0.6) is 0 Å². The number of rotatable bonds is 7. The number of nitrogens with one attached hydrogen (secondary N) is 2. The molecule has 0 aromatic heterocycles. The Morgan fingerprint density at radius 1 is 1.16 bits per heavy atom. The Bertz CT molecular complexity index is 513. The summed E-state index contributed by atoms with van der Waals surface area (Å²) in [5.41, 5.74) is 0.714. The molecule has 106 valence electrons. The summed E-state index contributed by atoms with van der Waals surface area (Å²) in [7, 11) is -4.50. The van der Waals surface area contributed by atoms with Crippen LogP contribution in [0.4, 0.5) is 14.5 Å². The van der Waals surface area contributed by atoms with Crippen molar-refractivity contribution in [1.82, 2.24) is 5.32 Å². The number of benzene rings is 1. The summed E-state index contributed by atoms with van der Waals surface area (Å²) < 4.78 is 47.0. The monoisotopic (exact) mass is 290 g/mol. The molecule has 0 spiro atoms. The number of alkyl halides is 2. The number of halogens is 2. The van der Waals surface area contributed by atoms with Gasteiger partial charge in [0.05, 0.1) is 4.90 Å². The molecule has 7 heteroatoms. The van der Waals surface area contributed by atoms with Gasteiger partial charge in [0.15, 0.2) is 0 Å². The average molecular weight is 290 g/mol. The van der Waals surface area contributed by atoms with Gasteiger partial charge in [0.25, 0.3) is 0 Å². The lowest BCUT2D eigenvalue weighted by Gasteiger charge is -2.08. The van der Waals surface area contributed by atoms with Gasteiger partial charge in [0, 0.05) is 24.8 Å². The van der Waals surface area contributed by atoms with Gasteiger partial charge in [-0.2, -0.15) is 8.78 Å². The topological polar surface area (TPSA) is 58.2 Å². The molecule has 0 aliphatic heterocycles. The first-order valence-electron chi connectivity index (χ1n) is 6.09. The third-order valence-electron chi connectivity index (χ3n) is 2.88. The van der Waals surface area contributed by atoms with Crippen LogP contribution in [0.2, 0.25) is 0 Å². The minimum atomic E-state index is -4.50. The predicted octanol–water partition coefficient (Wildman–Crippen LogP) is 1.85. The van der Waals surface area contributed by atoms with Crippen molar-refractivity contribution in [2.45, 2.75) is 29.5 Å². The van der Waals surface area contributed by atoms with E-state index in [2.05, 4.69) is 10.6 Å². The van der Waals surface area contributed by atoms with Crippen molar-refractivity contribution < 1.29 is 17.2 Å². The van der Waals surface area contributed by atoms with E-state index >= 15 is 0 Å². The molecule has 0 unspecified atom stereocenters. The van der Waals surface area contributed by atoms with Gasteiger partial charge in [-0.3, -0.25) is 0 Å². The molecular formula is C12H16F2N2O2S. The highest BCUT2D eigenvalue weighted by Gasteiger charge is 2.26. The molecule has 2 N–H and O–H groups in total. The minimum absolute atomic E-state index is 0.357. The molecule has 0 amide bonds. The Balaban J connectivity index is 1.87. The normalized spacial score (nSPS) is 15.7. The fourth-order valence-electron chi connectivity index (χ4n) is 1.64. The molecule has 1 aromatic carbocycles. The Morgan fingerprint density at radius 3 is 2.32 bits per heavy atom. The van der Waals surface area contributed by atoms with Crippen molar-refractivity contribution in [3.05, 3.63) is 24.3 Å². The second-order valence-electron chi connectivity index (χ2n) is 4.49. The van der Waals surface area contributed by atoms with E-state index in [9.17, 15) is 17.2 Å². The summed E-state index contributed by atoms with van der Waals surface area (Å²) in [6.45, 7) is 1.53. The lowest BCUT2D eigenvalue weighted by molar-refractivity contribution is 0.234. The van der Waals surface area contributed by atoms with Gasteiger partial charge >= 0.3 is 5.76 Å². The van der Waals surface area contributed by atoms with Crippen molar-refractivity contribution in [3.63, 3.8) is 0 Å². The quantitative estimate of drug-likeness (QED) is 0.752. The molecule has 4 nitrogen and oxygen atoms in total. The van der Waals surface area contributed by atoms with Crippen LogP contribution in [0.25, 0.3) is 0 Å². The van der Waals surface area contributed by atoms with E-state index < -0.39 is 15.6 Å². The fourth-order valence-corrected chi connectivity index (χ4v) is 2.36. The van der Waals surface area contributed by atoms with Gasteiger partial charge in [-0.1, -0.05) is 0 Å². The molecule has 19 heavy (non-hydrogen) atoms. The van der Waals surface area contributed by atoms with Gasteiger partial charge in [0.2, 0.25) is 9.84 Å². The van der Waals surface area contributed by atoms with Crippen molar-refractivity contribution in [3.8, 4) is 0 Å². The molecule has 1 fully saturated rings. The molecule has 1 saturated carbocycles. The van der Waals surface area contributed by atoms with E-state index in [0.29, 0.717) is 18.3 Å². The summed E-state index contributed by atoms with van der Waals surface area (Å²) in [5, 5.41) is 6.41. The van der Waals surface area contributed by atoms with Crippen molar-refractivity contribution >= 4 is 15.5 Å². The lowest BCUT2D eigenvalue weighted by Crippen LogP contribution is -2.23. The molecule has 2 rings (SSSR count). The summed E-state index contributed by atoms with van der Waals surface area (Å²) in [6.07, 6.45) is 2.44. The minimum Gasteiger partial charge on any atom is -0.384 e. The van der Waals surface area contributed by atoms with Crippen molar-refractivity contribution in [2.24, 2.45) is 0 Å². The zero-order valence-corrected chi connectivity index (χ0v) is 11.1. The maximum Gasteiger partial charge on any atom is 0.341 e. The summed E-state index contributed by atoms with van der Waals surface area (Å²) in [6, 6.07) is 6.01. The number of hydrogen-bond acceptors (Lipinski definition) is 4. The van der Waals surface area contributed by atoms with Crippen LogP contribution in [-0.2, 0) is 9.84 Å². The first-order chi connectivity index (χ1) is 9.00. The first kappa shape index (κ1) is 14.2. The van der Waals surface area contributed by atoms with Crippen LogP contribution >= 0.6 is 0 Å². The van der Waals surface area contributed by atoms with Crippen LogP contribution in [-0.4, -0.2) is 33.3 Å². The molecule has 0 heterocycles. The first-order valence-corrected chi connectivity index (χ1v) is 7.64. The SMILES string of the molecule is O=S(=O)(c1ccc(NCCNC2CC2)cc1)C(F)F. The van der Waals surface area contributed by atoms with Crippen molar-refractivity contribution in [1.29, 1.82) is 0 Å². The van der Waals surface area contributed by atoms with E-state index in [1.165, 1.54) is 37.1 Å². The summed E-state index contributed by atoms with van der Waals surface area (Å²) in [4.78, 5) is -0.357. The molecular weight excluding hydrogens is 274 g/mol. The van der Waals surface area contributed by atoms with Gasteiger partial charge in [-0.25, -0.2) is 8.42 Å². The molecule has 1 aliphatic carbocycles. The zero-order valence-electron chi connectivity index (χ0n) is 10.3. The standard InChI is InChI=1S/C12H16F2N2O2S/c13-12(14)19(17,18)11-5-3-10(4-6-11)16-8-7-15-9-1-2-9/h3-6,9,12,15-16H,1-2,7-8H2. The molecule has 1 aromatic rings. The summed E-state index contributed by atoms with van der Waals surface area (Å²) >= 11 is 0. The highest BCUT2D eigenvalue weighted by atomic mass is 32.2. The second-order valence-corrected chi connectivity index (χ2v) is 6.40. The maximum atomic E-state index is 12.3. The number of hydrogen-bond donors (Lipinski definition) is 2. The van der Waals surface area contributed by atoms with Gasteiger partial charge < -0.3 is 10.6 Å². The fraction of sp³-hybridized carbons (Fsp3) is 0.500. The smallest absolute Gasteiger partial charge is 0.341 e. The van der Waals surface area contributed by atoms with E-state index in [-0.39, 0.29) is 4.90 Å². The third-order valence-corrected chi connectivity index (χ3v) is 4.28. The van der Waals surface area contributed by atoms with Crippen molar-refractivity contribution in [2.75, 3.05) is 18.4 Å². The van der Waals surface area contributed by atoms with Gasteiger partial charge in [0.1, 0.15) is 0 Å². The Labute approximate surface area is 111 Å². The van der Waals surface area contributed by atoms with E-state index in [1.54, 1.807) is 0 Å². The maximum absolute atomic E-state index is 12.3. The Hall–Kier alpha value is -1.21. The van der Waals surface area contributed by atoms with E-state index in [1.807, 2.05) is 0 Å². The van der Waals surface area contributed by atoms with Crippen LogP contribution in [0.15, 0.2) is 29.2 Å². The molecule has 0 atom stereocenters. The van der Waals surface area contributed by atoms with Crippen LogP contribution in [0.1, 0.15) is 12.8 Å². The second kappa shape index (κ2) is 5.83. The average Bonchev–Trinajstić information content (AvgIpc) is 3.19. The van der Waals surface area contributed by atoms with Gasteiger partial charge in [-0.05, 0) is 37.1 Å². The highest BCUT2D eigenvalue weighted by Crippen LogP contribution is 2.20. The van der Waals surface area contributed by atoms with Gasteiger partial charge in [-0.15, -0.1) is 0 Å². The lowest BCUT2D eigenvalue weighted by atomic mass is 10.3. The largest absolute Gasteiger partial charge is 0.384 e. The predicted molar refractivity (Wildman–Crippen MR) is 69.1 cm³/mol. The third kappa shape index (κ3) is 3.87. The highest BCUT2D eigenvalue weighted by molar-refractivity contribution is 7.91. The van der Waals surface area contributed by atoms with Crippen LogP contribution < -0.4 is 10.6 Å². The number of anilines is 1. The van der Waals surface area contributed by atoms with E-state index in [4.69, 9.17) is 0 Å². The zero-order chi connectivity index (χ0) is 13.9. The Morgan fingerprint density at radius 2 is 1.79 bits per heavy atom. The molecule has 0 radical (unpaired) electrons. The Kier molecular flexibility index (Phi) is 4.36. The molecule has 0 bridgehead atoms. The van der Waals surface area contributed by atoms with Crippen LogP contribution in [0, 0.1) is 0 Å². The molecule has 0 saturated heterocycles. The van der Waals surface area contributed by atoms with Crippen LogP contribution in [0.3, 0.4) is 0 Å². The van der Waals surface area contributed by atoms with E-state index in [0.717, 1.165) is 6.54 Å². The number of sulfone groups is 1. The molecule has 1 aliphatic rings.